The molecule has 156 valence electrons. The Bertz CT molecular complexity index is 1300. The predicted molar refractivity (Wildman–Crippen MR) is 111 cm³/mol. The van der Waals surface area contributed by atoms with E-state index in [1.54, 1.807) is 18.3 Å². The van der Waals surface area contributed by atoms with Crippen LogP contribution in [0.15, 0.2) is 83.8 Å². The smallest absolute Gasteiger partial charge is 0.322 e. The second-order valence-corrected chi connectivity index (χ2v) is 6.88. The van der Waals surface area contributed by atoms with Gasteiger partial charge in [-0.1, -0.05) is 30.3 Å². The summed E-state index contributed by atoms with van der Waals surface area (Å²) < 4.78 is 39.6. The van der Waals surface area contributed by atoms with Gasteiger partial charge in [0.1, 0.15) is 11.2 Å². The molecule has 4 rings (SSSR count). The molecule has 0 spiro atoms. The van der Waals surface area contributed by atoms with Gasteiger partial charge in [-0.2, -0.15) is 13.2 Å². The van der Waals surface area contributed by atoms with Gasteiger partial charge in [0.2, 0.25) is 0 Å². The van der Waals surface area contributed by atoms with Crippen molar-refractivity contribution in [3.63, 3.8) is 0 Å². The largest absolute Gasteiger partial charge is 0.416 e. The van der Waals surface area contributed by atoms with Gasteiger partial charge in [0.15, 0.2) is 0 Å². The number of carbonyl (C=O) groups is 1. The van der Waals surface area contributed by atoms with Crippen LogP contribution in [0.2, 0.25) is 0 Å². The number of nitrogens with zero attached hydrogens (tertiary/aromatic N) is 2. The number of rotatable bonds is 4. The molecule has 1 N–H and O–H groups in total. The van der Waals surface area contributed by atoms with Crippen LogP contribution in [0, 0.1) is 0 Å². The van der Waals surface area contributed by atoms with E-state index in [9.17, 15) is 22.8 Å². The Morgan fingerprint density at radius 1 is 0.968 bits per heavy atom. The lowest BCUT2D eigenvalue weighted by Crippen LogP contribution is -2.30. The Morgan fingerprint density at radius 3 is 2.35 bits per heavy atom. The summed E-state index contributed by atoms with van der Waals surface area (Å²) in [7, 11) is 0. The molecular formula is C23H16F3N3O2. The lowest BCUT2D eigenvalue weighted by molar-refractivity contribution is -0.137. The zero-order valence-corrected chi connectivity index (χ0v) is 16.1. The Morgan fingerprint density at radius 2 is 1.68 bits per heavy atom. The molecule has 0 fully saturated rings. The topological polar surface area (TPSA) is 64.0 Å². The Labute approximate surface area is 174 Å². The van der Waals surface area contributed by atoms with Gasteiger partial charge < -0.3 is 5.32 Å². The number of carbonyl (C=O) groups excluding carboxylic acids is 1. The quantitative estimate of drug-likeness (QED) is 0.517. The predicted octanol–water partition coefficient (Wildman–Crippen LogP) is 4.72. The maximum absolute atomic E-state index is 13.1. The normalized spacial score (nSPS) is 11.5. The molecule has 0 radical (unpaired) electrons. The monoisotopic (exact) mass is 423 g/mol. The highest BCUT2D eigenvalue weighted by Gasteiger charge is 2.30. The number of hydrogen-bond donors (Lipinski definition) is 1. The van der Waals surface area contributed by atoms with E-state index in [2.05, 4.69) is 10.3 Å². The van der Waals surface area contributed by atoms with Gasteiger partial charge in [-0.15, -0.1) is 0 Å². The number of halogens is 3. The van der Waals surface area contributed by atoms with Crippen LogP contribution >= 0.6 is 0 Å². The molecule has 0 atom stereocenters. The van der Waals surface area contributed by atoms with Crippen LogP contribution in [0.1, 0.15) is 21.5 Å². The van der Waals surface area contributed by atoms with Crippen molar-refractivity contribution >= 4 is 22.6 Å². The van der Waals surface area contributed by atoms with Crippen molar-refractivity contribution in [2.45, 2.75) is 12.7 Å². The van der Waals surface area contributed by atoms with Crippen LogP contribution in [0.4, 0.5) is 18.9 Å². The minimum atomic E-state index is -4.47. The van der Waals surface area contributed by atoms with Crippen LogP contribution in [0.3, 0.4) is 0 Å². The fraction of sp³-hybridized carbons (Fsp3) is 0.0870. The summed E-state index contributed by atoms with van der Waals surface area (Å²) in [4.78, 5) is 30.2. The van der Waals surface area contributed by atoms with E-state index in [4.69, 9.17) is 0 Å². The van der Waals surface area contributed by atoms with Crippen LogP contribution < -0.4 is 10.9 Å². The molecule has 2 heterocycles. The first kappa shape index (κ1) is 20.3. The van der Waals surface area contributed by atoms with E-state index in [0.717, 1.165) is 29.8 Å². The summed E-state index contributed by atoms with van der Waals surface area (Å²) in [6.07, 6.45) is -2.91. The van der Waals surface area contributed by atoms with Crippen LogP contribution in [0.5, 0.6) is 0 Å². The van der Waals surface area contributed by atoms with E-state index in [0.29, 0.717) is 11.0 Å². The van der Waals surface area contributed by atoms with Gasteiger partial charge in [0, 0.05) is 17.3 Å². The second kappa shape index (κ2) is 8.06. The SMILES string of the molecule is O=C(Nc1ccc(C(F)(F)F)cc1)c1cc2cccnc2n(Cc2ccccc2)c1=O. The van der Waals surface area contributed by atoms with E-state index in [-0.39, 0.29) is 17.8 Å². The van der Waals surface area contributed by atoms with Gasteiger partial charge in [-0.25, -0.2) is 4.98 Å². The van der Waals surface area contributed by atoms with Crippen molar-refractivity contribution in [1.82, 2.24) is 9.55 Å². The maximum atomic E-state index is 13.1. The molecule has 8 heteroatoms. The molecule has 0 aliphatic rings. The third kappa shape index (κ3) is 4.32. The highest BCUT2D eigenvalue weighted by atomic mass is 19.4. The van der Waals surface area contributed by atoms with Crippen molar-refractivity contribution in [3.05, 3.63) is 106 Å². The van der Waals surface area contributed by atoms with E-state index in [1.807, 2.05) is 30.3 Å². The summed E-state index contributed by atoms with van der Waals surface area (Å²) in [5.41, 5.74) is -0.0548. The summed E-state index contributed by atoms with van der Waals surface area (Å²) >= 11 is 0. The Balaban J connectivity index is 1.71. The van der Waals surface area contributed by atoms with Gasteiger partial charge in [-0.05, 0) is 48.0 Å². The number of alkyl halides is 3. The van der Waals surface area contributed by atoms with Crippen LogP contribution in [0.25, 0.3) is 11.0 Å². The van der Waals surface area contributed by atoms with E-state index in [1.165, 1.54) is 10.6 Å². The molecule has 0 saturated heterocycles. The molecular weight excluding hydrogens is 407 g/mol. The van der Waals surface area contributed by atoms with Crippen molar-refractivity contribution in [3.8, 4) is 0 Å². The van der Waals surface area contributed by atoms with Crippen LogP contribution in [-0.2, 0) is 12.7 Å². The van der Waals surface area contributed by atoms with Crippen molar-refractivity contribution in [1.29, 1.82) is 0 Å². The minimum Gasteiger partial charge on any atom is -0.322 e. The maximum Gasteiger partial charge on any atom is 0.416 e. The standard InChI is InChI=1S/C23H16F3N3O2/c24-23(25,26)17-8-10-18(11-9-17)28-21(30)19-13-16-7-4-12-27-20(16)29(22(19)31)14-15-5-2-1-3-6-15/h1-13H,14H2,(H,28,30). The zero-order valence-electron chi connectivity index (χ0n) is 16.1. The number of nitrogens with one attached hydrogen (secondary N) is 1. The number of hydrogen-bond acceptors (Lipinski definition) is 3. The third-order valence-corrected chi connectivity index (χ3v) is 4.75. The van der Waals surface area contributed by atoms with E-state index >= 15 is 0 Å². The first-order valence-electron chi connectivity index (χ1n) is 9.34. The Kier molecular flexibility index (Phi) is 5.29. The number of aromatic nitrogens is 2. The number of benzene rings is 2. The highest BCUT2D eigenvalue weighted by Crippen LogP contribution is 2.29. The average molecular weight is 423 g/mol. The first-order valence-corrected chi connectivity index (χ1v) is 9.34. The summed E-state index contributed by atoms with van der Waals surface area (Å²) in [5.74, 6) is -0.711. The van der Waals surface area contributed by atoms with Crippen molar-refractivity contribution in [2.24, 2.45) is 0 Å². The first-order chi connectivity index (χ1) is 14.8. The van der Waals surface area contributed by atoms with Gasteiger partial charge in [0.25, 0.3) is 11.5 Å². The molecule has 0 aliphatic carbocycles. The van der Waals surface area contributed by atoms with Crippen molar-refractivity contribution < 1.29 is 18.0 Å². The number of amides is 1. The zero-order chi connectivity index (χ0) is 22.0. The second-order valence-electron chi connectivity index (χ2n) is 6.88. The third-order valence-electron chi connectivity index (χ3n) is 4.75. The van der Waals surface area contributed by atoms with Crippen LogP contribution in [-0.4, -0.2) is 15.5 Å². The molecule has 1 amide bonds. The molecule has 2 aromatic carbocycles. The Hall–Kier alpha value is -3.94. The molecule has 2 aromatic heterocycles. The number of fused-ring (bicyclic) bond motifs is 1. The lowest BCUT2D eigenvalue weighted by Gasteiger charge is -2.13. The average Bonchev–Trinajstić information content (AvgIpc) is 2.76. The lowest BCUT2D eigenvalue weighted by atomic mass is 10.1. The molecule has 31 heavy (non-hydrogen) atoms. The molecule has 0 saturated carbocycles. The fourth-order valence-corrected chi connectivity index (χ4v) is 3.22. The molecule has 0 aliphatic heterocycles. The molecule has 4 aromatic rings. The van der Waals surface area contributed by atoms with E-state index < -0.39 is 23.2 Å². The highest BCUT2D eigenvalue weighted by molar-refractivity contribution is 6.05. The number of anilines is 1. The molecule has 0 bridgehead atoms. The summed E-state index contributed by atoms with van der Waals surface area (Å²) in [6, 6.07) is 18.1. The number of pyridine rings is 2. The van der Waals surface area contributed by atoms with Gasteiger partial charge in [-0.3, -0.25) is 14.2 Å². The van der Waals surface area contributed by atoms with Crippen molar-refractivity contribution in [2.75, 3.05) is 5.32 Å². The fourth-order valence-electron chi connectivity index (χ4n) is 3.22. The van der Waals surface area contributed by atoms with Gasteiger partial charge >= 0.3 is 6.18 Å². The summed E-state index contributed by atoms with van der Waals surface area (Å²) in [6.45, 7) is 0.217. The minimum absolute atomic E-state index is 0.128. The molecule has 5 nitrogen and oxygen atoms in total. The summed E-state index contributed by atoms with van der Waals surface area (Å²) in [5, 5.41) is 3.09. The van der Waals surface area contributed by atoms with Gasteiger partial charge in [0.05, 0.1) is 12.1 Å². The molecule has 0 unspecified atom stereocenters.